The van der Waals surface area contributed by atoms with Crippen LogP contribution in [-0.2, 0) is 4.79 Å². The van der Waals surface area contributed by atoms with Crippen molar-refractivity contribution in [2.45, 2.75) is 31.7 Å². The first-order valence-corrected chi connectivity index (χ1v) is 6.91. The molecular weight excluding hydrogens is 226 g/mol. The molecule has 1 aliphatic carbocycles. The number of piperazine rings is 1. The van der Waals surface area contributed by atoms with Crippen molar-refractivity contribution in [3.05, 3.63) is 0 Å². The van der Waals surface area contributed by atoms with Crippen molar-refractivity contribution in [1.82, 2.24) is 9.80 Å². The summed E-state index contributed by atoms with van der Waals surface area (Å²) in [6, 6.07) is 0.218. The molecule has 4 heteroatoms. The molecule has 2 N–H and O–H groups in total. The maximum Gasteiger partial charge on any atom is 0.225 e. The Bertz CT molecular complexity index is 328. The Labute approximate surface area is 109 Å². The van der Waals surface area contributed by atoms with Crippen LogP contribution in [0.3, 0.4) is 0 Å². The number of hydrogen-bond acceptors (Lipinski definition) is 3. The molecule has 100 valence electrons. The lowest BCUT2D eigenvalue weighted by atomic mass is 9.85. The van der Waals surface area contributed by atoms with Gasteiger partial charge in [-0.05, 0) is 19.3 Å². The zero-order valence-electron chi connectivity index (χ0n) is 11.0. The SMILES string of the molecule is C#CCN1CCN(C(=O)C2CCCC(N)C2)CC1. The zero-order chi connectivity index (χ0) is 13.0. The van der Waals surface area contributed by atoms with E-state index in [9.17, 15) is 4.79 Å². The lowest BCUT2D eigenvalue weighted by Crippen LogP contribution is -2.51. The van der Waals surface area contributed by atoms with Gasteiger partial charge >= 0.3 is 0 Å². The second-order valence-electron chi connectivity index (χ2n) is 5.43. The molecule has 2 rings (SSSR count). The van der Waals surface area contributed by atoms with Gasteiger partial charge in [-0.1, -0.05) is 12.3 Å². The molecule has 0 bridgehead atoms. The van der Waals surface area contributed by atoms with Gasteiger partial charge in [0.25, 0.3) is 0 Å². The Balaban J connectivity index is 1.82. The normalized spacial score (nSPS) is 29.9. The van der Waals surface area contributed by atoms with Crippen molar-refractivity contribution in [3.63, 3.8) is 0 Å². The van der Waals surface area contributed by atoms with Crippen molar-refractivity contribution in [2.24, 2.45) is 11.7 Å². The minimum atomic E-state index is 0.160. The van der Waals surface area contributed by atoms with Crippen LogP contribution in [0.15, 0.2) is 0 Å². The molecule has 0 aromatic carbocycles. The highest BCUT2D eigenvalue weighted by Gasteiger charge is 2.30. The first-order valence-electron chi connectivity index (χ1n) is 6.91. The van der Waals surface area contributed by atoms with Crippen molar-refractivity contribution in [2.75, 3.05) is 32.7 Å². The van der Waals surface area contributed by atoms with Gasteiger partial charge in [-0.25, -0.2) is 0 Å². The van der Waals surface area contributed by atoms with E-state index in [0.29, 0.717) is 12.5 Å². The third-order valence-electron chi connectivity index (χ3n) is 4.06. The van der Waals surface area contributed by atoms with E-state index in [1.807, 2.05) is 4.90 Å². The minimum absolute atomic E-state index is 0.160. The summed E-state index contributed by atoms with van der Waals surface area (Å²) in [5.41, 5.74) is 5.95. The van der Waals surface area contributed by atoms with Gasteiger partial charge in [0.2, 0.25) is 5.91 Å². The van der Waals surface area contributed by atoms with Crippen LogP contribution in [0.1, 0.15) is 25.7 Å². The number of nitrogens with zero attached hydrogens (tertiary/aromatic N) is 2. The number of amides is 1. The van der Waals surface area contributed by atoms with Gasteiger partial charge in [0.1, 0.15) is 0 Å². The molecule has 2 unspecified atom stereocenters. The molecule has 1 aliphatic heterocycles. The molecule has 1 saturated heterocycles. The molecule has 2 atom stereocenters. The molecule has 4 nitrogen and oxygen atoms in total. The summed E-state index contributed by atoms with van der Waals surface area (Å²) in [4.78, 5) is 16.6. The molecule has 0 radical (unpaired) electrons. The smallest absolute Gasteiger partial charge is 0.225 e. The summed E-state index contributed by atoms with van der Waals surface area (Å²) in [7, 11) is 0. The molecular formula is C14H23N3O. The van der Waals surface area contributed by atoms with Crippen LogP contribution in [0.4, 0.5) is 0 Å². The largest absolute Gasteiger partial charge is 0.340 e. The van der Waals surface area contributed by atoms with E-state index in [4.69, 9.17) is 12.2 Å². The van der Waals surface area contributed by atoms with E-state index in [0.717, 1.165) is 51.9 Å². The maximum absolute atomic E-state index is 12.4. The number of terminal acetylenes is 1. The van der Waals surface area contributed by atoms with E-state index in [2.05, 4.69) is 10.8 Å². The Morgan fingerprint density at radius 2 is 2.00 bits per heavy atom. The van der Waals surface area contributed by atoms with Gasteiger partial charge in [0, 0.05) is 38.1 Å². The average molecular weight is 249 g/mol. The van der Waals surface area contributed by atoms with Crippen molar-refractivity contribution in [1.29, 1.82) is 0 Å². The Morgan fingerprint density at radius 3 is 2.61 bits per heavy atom. The summed E-state index contributed by atoms with van der Waals surface area (Å²) < 4.78 is 0. The van der Waals surface area contributed by atoms with Gasteiger partial charge < -0.3 is 10.6 Å². The topological polar surface area (TPSA) is 49.6 Å². The van der Waals surface area contributed by atoms with Gasteiger partial charge in [0.15, 0.2) is 0 Å². The molecule has 0 aromatic heterocycles. The molecule has 1 saturated carbocycles. The first-order chi connectivity index (χ1) is 8.70. The van der Waals surface area contributed by atoms with Crippen LogP contribution >= 0.6 is 0 Å². The van der Waals surface area contributed by atoms with Gasteiger partial charge in [0.05, 0.1) is 6.54 Å². The molecule has 2 fully saturated rings. The lowest BCUT2D eigenvalue weighted by molar-refractivity contribution is -0.138. The van der Waals surface area contributed by atoms with Gasteiger partial charge in [-0.3, -0.25) is 9.69 Å². The third-order valence-corrected chi connectivity index (χ3v) is 4.06. The molecule has 2 aliphatic rings. The lowest BCUT2D eigenvalue weighted by Gasteiger charge is -2.37. The van der Waals surface area contributed by atoms with E-state index in [1.165, 1.54) is 0 Å². The maximum atomic E-state index is 12.4. The van der Waals surface area contributed by atoms with E-state index in [-0.39, 0.29) is 12.0 Å². The zero-order valence-corrected chi connectivity index (χ0v) is 11.0. The van der Waals surface area contributed by atoms with E-state index in [1.54, 1.807) is 0 Å². The summed E-state index contributed by atoms with van der Waals surface area (Å²) >= 11 is 0. The number of carbonyl (C=O) groups is 1. The van der Waals surface area contributed by atoms with Crippen LogP contribution in [0.25, 0.3) is 0 Å². The van der Waals surface area contributed by atoms with Crippen molar-refractivity contribution < 1.29 is 4.79 Å². The van der Waals surface area contributed by atoms with Crippen LogP contribution in [-0.4, -0.2) is 54.5 Å². The first kappa shape index (κ1) is 13.4. The standard InChI is InChI=1S/C14H23N3O/c1-2-6-16-7-9-17(10-8-16)14(18)12-4-3-5-13(15)11-12/h1,12-13H,3-11,15H2. The quantitative estimate of drug-likeness (QED) is 0.715. The van der Waals surface area contributed by atoms with Gasteiger partial charge in [-0.2, -0.15) is 0 Å². The summed E-state index contributed by atoms with van der Waals surface area (Å²) in [5, 5.41) is 0. The Kier molecular flexibility index (Phi) is 4.62. The predicted molar refractivity (Wildman–Crippen MR) is 71.8 cm³/mol. The van der Waals surface area contributed by atoms with Crippen LogP contribution in [0.2, 0.25) is 0 Å². The van der Waals surface area contributed by atoms with Crippen molar-refractivity contribution in [3.8, 4) is 12.3 Å². The van der Waals surface area contributed by atoms with E-state index >= 15 is 0 Å². The number of carbonyl (C=O) groups excluding carboxylic acids is 1. The van der Waals surface area contributed by atoms with Crippen LogP contribution in [0, 0.1) is 18.3 Å². The van der Waals surface area contributed by atoms with Crippen LogP contribution in [0.5, 0.6) is 0 Å². The number of nitrogens with two attached hydrogens (primary N) is 1. The monoisotopic (exact) mass is 249 g/mol. The highest BCUT2D eigenvalue weighted by molar-refractivity contribution is 5.79. The fourth-order valence-corrected chi connectivity index (χ4v) is 2.97. The predicted octanol–water partition coefficient (Wildman–Crippen LogP) is 0.281. The minimum Gasteiger partial charge on any atom is -0.340 e. The Morgan fingerprint density at radius 1 is 1.28 bits per heavy atom. The van der Waals surface area contributed by atoms with Crippen LogP contribution < -0.4 is 5.73 Å². The number of rotatable bonds is 2. The summed E-state index contributed by atoms with van der Waals surface area (Å²) in [6.45, 7) is 4.11. The molecule has 0 spiro atoms. The van der Waals surface area contributed by atoms with Gasteiger partial charge in [-0.15, -0.1) is 6.42 Å². The molecule has 18 heavy (non-hydrogen) atoms. The Hall–Kier alpha value is -1.05. The summed E-state index contributed by atoms with van der Waals surface area (Å²) in [6.07, 6.45) is 9.34. The summed E-state index contributed by atoms with van der Waals surface area (Å²) in [5.74, 6) is 3.13. The van der Waals surface area contributed by atoms with E-state index < -0.39 is 0 Å². The third kappa shape index (κ3) is 3.24. The molecule has 1 heterocycles. The molecule has 0 aromatic rings. The highest BCUT2D eigenvalue weighted by atomic mass is 16.2. The second kappa shape index (κ2) is 6.21. The highest BCUT2D eigenvalue weighted by Crippen LogP contribution is 2.25. The fourth-order valence-electron chi connectivity index (χ4n) is 2.97. The molecule has 1 amide bonds. The second-order valence-corrected chi connectivity index (χ2v) is 5.43. The fraction of sp³-hybridized carbons (Fsp3) is 0.786. The average Bonchev–Trinajstić information content (AvgIpc) is 2.39. The van der Waals surface area contributed by atoms with Crippen molar-refractivity contribution >= 4 is 5.91 Å². The number of hydrogen-bond donors (Lipinski definition) is 1.